The molecular weight excluding hydrogens is 192 g/mol. The maximum Gasteiger partial charge on any atom is 0.303 e. The van der Waals surface area contributed by atoms with Gasteiger partial charge in [-0.2, -0.15) is 0 Å². The van der Waals surface area contributed by atoms with Gasteiger partial charge in [0.15, 0.2) is 6.10 Å². The number of aliphatic hydroxyl groups excluding tert-OH is 3. The summed E-state index contributed by atoms with van der Waals surface area (Å²) >= 11 is 0. The number of ether oxygens (including phenoxy) is 2. The molecule has 1 rings (SSSR count). The van der Waals surface area contributed by atoms with Crippen molar-refractivity contribution in [3.63, 3.8) is 0 Å². The second-order valence-corrected chi connectivity index (χ2v) is 3.18. The quantitative estimate of drug-likeness (QED) is 0.454. The Bertz CT molecular complexity index is 206. The fraction of sp³-hybridized carbons (Fsp3) is 0.875. The van der Waals surface area contributed by atoms with Gasteiger partial charge in [0.25, 0.3) is 0 Å². The van der Waals surface area contributed by atoms with Crippen LogP contribution in [0.15, 0.2) is 0 Å². The van der Waals surface area contributed by atoms with Crippen molar-refractivity contribution in [1.82, 2.24) is 0 Å². The summed E-state index contributed by atoms with van der Waals surface area (Å²) in [5.41, 5.74) is 0. The molecule has 1 fully saturated rings. The maximum atomic E-state index is 10.6. The van der Waals surface area contributed by atoms with Crippen LogP contribution in [0.5, 0.6) is 0 Å². The van der Waals surface area contributed by atoms with Crippen LogP contribution in [0.25, 0.3) is 0 Å². The number of hydrogen-bond acceptors (Lipinski definition) is 6. The average Bonchev–Trinajstić information content (AvgIpc) is 2.13. The molecule has 0 aliphatic carbocycles. The molecule has 1 saturated heterocycles. The summed E-state index contributed by atoms with van der Waals surface area (Å²) in [4.78, 5) is 10.6. The van der Waals surface area contributed by atoms with Crippen LogP contribution in [0.3, 0.4) is 0 Å². The predicted octanol–water partition coefficient (Wildman–Crippen LogP) is -1.97. The van der Waals surface area contributed by atoms with Crippen molar-refractivity contribution in [3.05, 3.63) is 0 Å². The average molecular weight is 206 g/mol. The first-order valence-corrected chi connectivity index (χ1v) is 4.32. The number of carbonyl (C=O) groups is 1. The molecule has 6 heteroatoms. The first-order chi connectivity index (χ1) is 6.56. The molecule has 4 unspecified atom stereocenters. The van der Waals surface area contributed by atoms with E-state index in [1.54, 1.807) is 0 Å². The van der Waals surface area contributed by atoms with E-state index < -0.39 is 30.4 Å². The third-order valence-corrected chi connectivity index (χ3v) is 2.08. The Balaban J connectivity index is 2.54. The molecule has 1 heterocycles. The minimum Gasteiger partial charge on any atom is -0.457 e. The lowest BCUT2D eigenvalue weighted by molar-refractivity contribution is -0.209. The fourth-order valence-corrected chi connectivity index (χ4v) is 1.33. The molecule has 82 valence electrons. The Morgan fingerprint density at radius 1 is 1.50 bits per heavy atom. The lowest BCUT2D eigenvalue weighted by Gasteiger charge is -2.36. The summed E-state index contributed by atoms with van der Waals surface area (Å²) < 4.78 is 9.70. The van der Waals surface area contributed by atoms with Crippen molar-refractivity contribution in [1.29, 1.82) is 0 Å². The van der Waals surface area contributed by atoms with Crippen LogP contribution in [0.2, 0.25) is 0 Å². The van der Waals surface area contributed by atoms with Crippen LogP contribution in [0.4, 0.5) is 0 Å². The van der Waals surface area contributed by atoms with Crippen LogP contribution in [0, 0.1) is 0 Å². The van der Waals surface area contributed by atoms with Gasteiger partial charge in [-0.1, -0.05) is 0 Å². The summed E-state index contributed by atoms with van der Waals surface area (Å²) in [6, 6.07) is 0. The molecule has 4 atom stereocenters. The normalized spacial score (nSPS) is 38.0. The predicted molar refractivity (Wildman–Crippen MR) is 44.4 cm³/mol. The number of aliphatic hydroxyl groups is 3. The van der Waals surface area contributed by atoms with Crippen LogP contribution in [0.1, 0.15) is 6.92 Å². The van der Waals surface area contributed by atoms with Crippen molar-refractivity contribution in [2.45, 2.75) is 31.3 Å². The van der Waals surface area contributed by atoms with Gasteiger partial charge in [-0.15, -0.1) is 0 Å². The number of rotatable bonds is 2. The van der Waals surface area contributed by atoms with E-state index in [9.17, 15) is 15.0 Å². The summed E-state index contributed by atoms with van der Waals surface area (Å²) in [5.74, 6) is -0.549. The lowest BCUT2D eigenvalue weighted by atomic mass is 10.0. The molecule has 0 aromatic heterocycles. The highest BCUT2D eigenvalue weighted by molar-refractivity contribution is 5.66. The van der Waals surface area contributed by atoms with E-state index in [4.69, 9.17) is 14.6 Å². The third kappa shape index (κ3) is 2.42. The van der Waals surface area contributed by atoms with Crippen molar-refractivity contribution in [2.24, 2.45) is 0 Å². The van der Waals surface area contributed by atoms with Gasteiger partial charge in [-0.25, -0.2) is 0 Å². The Kier molecular flexibility index (Phi) is 3.82. The van der Waals surface area contributed by atoms with E-state index in [-0.39, 0.29) is 13.2 Å². The SMILES string of the molecule is CC(=O)OC1COC(CO)C(O)C1O. The second kappa shape index (κ2) is 4.70. The maximum absolute atomic E-state index is 10.6. The Morgan fingerprint density at radius 2 is 2.14 bits per heavy atom. The Labute approximate surface area is 81.1 Å². The molecule has 1 aliphatic rings. The van der Waals surface area contributed by atoms with Crippen LogP contribution >= 0.6 is 0 Å². The zero-order valence-electron chi connectivity index (χ0n) is 7.79. The zero-order valence-corrected chi connectivity index (χ0v) is 7.79. The van der Waals surface area contributed by atoms with E-state index in [0.717, 1.165) is 0 Å². The molecule has 1 aliphatic heterocycles. The summed E-state index contributed by atoms with van der Waals surface area (Å²) in [7, 11) is 0. The number of hydrogen-bond donors (Lipinski definition) is 3. The Hall–Kier alpha value is -0.690. The van der Waals surface area contributed by atoms with Gasteiger partial charge in [0, 0.05) is 6.92 Å². The molecule has 0 spiro atoms. The van der Waals surface area contributed by atoms with Crippen LogP contribution < -0.4 is 0 Å². The summed E-state index contributed by atoms with van der Waals surface area (Å²) in [6.07, 6.45) is -4.15. The second-order valence-electron chi connectivity index (χ2n) is 3.18. The molecule has 0 saturated carbocycles. The highest BCUT2D eigenvalue weighted by Crippen LogP contribution is 2.17. The number of carbonyl (C=O) groups excluding carboxylic acids is 1. The minimum atomic E-state index is -1.24. The first kappa shape index (κ1) is 11.4. The molecule has 0 amide bonds. The third-order valence-electron chi connectivity index (χ3n) is 2.08. The minimum absolute atomic E-state index is 0.0248. The first-order valence-electron chi connectivity index (χ1n) is 4.32. The molecule has 0 radical (unpaired) electrons. The molecule has 3 N–H and O–H groups in total. The Morgan fingerprint density at radius 3 is 2.64 bits per heavy atom. The van der Waals surface area contributed by atoms with Gasteiger partial charge < -0.3 is 24.8 Å². The van der Waals surface area contributed by atoms with Crippen molar-refractivity contribution < 1.29 is 29.6 Å². The van der Waals surface area contributed by atoms with Gasteiger partial charge in [-0.3, -0.25) is 4.79 Å². The van der Waals surface area contributed by atoms with Crippen molar-refractivity contribution in [3.8, 4) is 0 Å². The fourth-order valence-electron chi connectivity index (χ4n) is 1.33. The van der Waals surface area contributed by atoms with Gasteiger partial charge in [-0.05, 0) is 0 Å². The zero-order chi connectivity index (χ0) is 10.7. The molecule has 14 heavy (non-hydrogen) atoms. The van der Waals surface area contributed by atoms with E-state index in [0.29, 0.717) is 0 Å². The van der Waals surface area contributed by atoms with Crippen molar-refractivity contribution in [2.75, 3.05) is 13.2 Å². The molecule has 0 aromatic carbocycles. The van der Waals surface area contributed by atoms with Crippen LogP contribution in [-0.4, -0.2) is 58.9 Å². The molecule has 0 bridgehead atoms. The number of esters is 1. The van der Waals surface area contributed by atoms with E-state index in [2.05, 4.69) is 0 Å². The summed E-state index contributed by atoms with van der Waals surface area (Å²) in [5, 5.41) is 27.6. The highest BCUT2D eigenvalue weighted by Gasteiger charge is 2.39. The van der Waals surface area contributed by atoms with Gasteiger partial charge in [0.1, 0.15) is 18.3 Å². The summed E-state index contributed by atoms with van der Waals surface area (Å²) in [6.45, 7) is 0.797. The lowest BCUT2D eigenvalue weighted by Crippen LogP contribution is -2.55. The molecule has 0 aromatic rings. The molecule has 6 nitrogen and oxygen atoms in total. The van der Waals surface area contributed by atoms with Gasteiger partial charge in [0.2, 0.25) is 0 Å². The van der Waals surface area contributed by atoms with Gasteiger partial charge in [0.05, 0.1) is 13.2 Å². The standard InChI is InChI=1S/C8H14O6/c1-4(10)14-6-3-13-5(2-9)7(11)8(6)12/h5-9,11-12H,2-3H2,1H3. The van der Waals surface area contributed by atoms with Crippen molar-refractivity contribution >= 4 is 5.97 Å². The van der Waals surface area contributed by atoms with Crippen LogP contribution in [-0.2, 0) is 14.3 Å². The van der Waals surface area contributed by atoms with E-state index >= 15 is 0 Å². The smallest absolute Gasteiger partial charge is 0.303 e. The highest BCUT2D eigenvalue weighted by atomic mass is 16.6. The van der Waals surface area contributed by atoms with Gasteiger partial charge >= 0.3 is 5.97 Å². The van der Waals surface area contributed by atoms with E-state index in [1.807, 2.05) is 0 Å². The topological polar surface area (TPSA) is 96.2 Å². The monoisotopic (exact) mass is 206 g/mol. The largest absolute Gasteiger partial charge is 0.457 e. The molecular formula is C8H14O6. The van der Waals surface area contributed by atoms with E-state index in [1.165, 1.54) is 6.92 Å².